The Morgan fingerprint density at radius 3 is 2.63 bits per heavy atom. The molecule has 0 bridgehead atoms. The summed E-state index contributed by atoms with van der Waals surface area (Å²) in [6.45, 7) is 8.98. The Bertz CT molecular complexity index is 569. The van der Waals surface area contributed by atoms with E-state index in [1.54, 1.807) is 10.4 Å². The van der Waals surface area contributed by atoms with Gasteiger partial charge in [-0.05, 0) is 44.9 Å². The summed E-state index contributed by atoms with van der Waals surface area (Å²) in [6, 6.07) is 5.73. The number of rotatable bonds is 2. The number of hydrogen-bond acceptors (Lipinski definition) is 3. The third kappa shape index (κ3) is 2.68. The fraction of sp³-hybridized carbons (Fsp3) is 0.571. The maximum absolute atomic E-state index is 12.8. The number of benzene rings is 1. The summed E-state index contributed by atoms with van der Waals surface area (Å²) in [7, 11) is -3.40. The number of sulfonamides is 1. The lowest BCUT2D eigenvalue weighted by Gasteiger charge is -2.37. The highest BCUT2D eigenvalue weighted by atomic mass is 32.2. The van der Waals surface area contributed by atoms with Gasteiger partial charge in [0.05, 0.1) is 4.90 Å². The van der Waals surface area contributed by atoms with E-state index in [1.165, 1.54) is 0 Å². The van der Waals surface area contributed by atoms with Crippen molar-refractivity contribution in [2.45, 2.75) is 44.7 Å². The molecule has 1 fully saturated rings. The van der Waals surface area contributed by atoms with E-state index in [9.17, 15) is 8.42 Å². The van der Waals surface area contributed by atoms with E-state index in [4.69, 9.17) is 0 Å². The van der Waals surface area contributed by atoms with E-state index in [1.807, 2.05) is 39.8 Å². The van der Waals surface area contributed by atoms with Crippen LogP contribution < -0.4 is 5.32 Å². The summed E-state index contributed by atoms with van der Waals surface area (Å²) in [5, 5.41) is 3.31. The molecule has 4 nitrogen and oxygen atoms in total. The highest BCUT2D eigenvalue weighted by molar-refractivity contribution is 7.89. The van der Waals surface area contributed by atoms with Gasteiger partial charge in [0.15, 0.2) is 0 Å². The van der Waals surface area contributed by atoms with Crippen molar-refractivity contribution in [3.05, 3.63) is 29.3 Å². The number of piperazine rings is 1. The molecule has 0 spiro atoms. The van der Waals surface area contributed by atoms with Gasteiger partial charge in [0.25, 0.3) is 0 Å². The van der Waals surface area contributed by atoms with Gasteiger partial charge in [-0.3, -0.25) is 0 Å². The molecule has 1 aromatic carbocycles. The first kappa shape index (κ1) is 14.5. The van der Waals surface area contributed by atoms with Crippen molar-refractivity contribution in [1.29, 1.82) is 0 Å². The first-order valence-electron chi connectivity index (χ1n) is 6.66. The molecule has 1 aliphatic rings. The van der Waals surface area contributed by atoms with Gasteiger partial charge in [0.1, 0.15) is 0 Å². The van der Waals surface area contributed by atoms with Gasteiger partial charge in [-0.25, -0.2) is 8.42 Å². The van der Waals surface area contributed by atoms with Gasteiger partial charge < -0.3 is 5.32 Å². The second-order valence-corrected chi connectivity index (χ2v) is 7.23. The minimum atomic E-state index is -3.40. The van der Waals surface area contributed by atoms with Crippen LogP contribution in [0, 0.1) is 13.8 Å². The molecule has 0 aromatic heterocycles. The lowest BCUT2D eigenvalue weighted by atomic mass is 10.1. The lowest BCUT2D eigenvalue weighted by Crippen LogP contribution is -2.57. The molecule has 1 N–H and O–H groups in total. The Labute approximate surface area is 115 Å². The summed E-state index contributed by atoms with van der Waals surface area (Å²) >= 11 is 0. The summed E-state index contributed by atoms with van der Waals surface area (Å²) in [5.41, 5.74) is 1.78. The number of aryl methyl sites for hydroxylation is 2. The van der Waals surface area contributed by atoms with Crippen molar-refractivity contribution in [2.75, 3.05) is 13.1 Å². The number of nitrogens with zero attached hydrogens (tertiary/aromatic N) is 1. The molecule has 0 saturated carbocycles. The molecule has 0 amide bonds. The van der Waals surface area contributed by atoms with Crippen molar-refractivity contribution < 1.29 is 8.42 Å². The Morgan fingerprint density at radius 2 is 1.95 bits per heavy atom. The van der Waals surface area contributed by atoms with Crippen LogP contribution in [0.5, 0.6) is 0 Å². The summed E-state index contributed by atoms with van der Waals surface area (Å²) < 4.78 is 27.2. The molecule has 1 saturated heterocycles. The minimum Gasteiger partial charge on any atom is -0.311 e. The average Bonchev–Trinajstić information content (AvgIpc) is 2.35. The zero-order valence-electron chi connectivity index (χ0n) is 12.0. The molecular weight excluding hydrogens is 260 g/mol. The second kappa shape index (κ2) is 5.23. The van der Waals surface area contributed by atoms with Crippen molar-refractivity contribution in [2.24, 2.45) is 0 Å². The Balaban J connectivity index is 2.44. The average molecular weight is 282 g/mol. The summed E-state index contributed by atoms with van der Waals surface area (Å²) in [6.07, 6.45) is 0. The molecule has 2 rings (SSSR count). The van der Waals surface area contributed by atoms with Crippen molar-refractivity contribution >= 4 is 10.0 Å². The highest BCUT2D eigenvalue weighted by Gasteiger charge is 2.35. The zero-order chi connectivity index (χ0) is 14.2. The van der Waals surface area contributed by atoms with Gasteiger partial charge in [0, 0.05) is 25.2 Å². The normalized spacial score (nSPS) is 25.5. The first-order chi connectivity index (χ1) is 8.84. The van der Waals surface area contributed by atoms with Crippen LogP contribution in [0.2, 0.25) is 0 Å². The Hall–Kier alpha value is -0.910. The fourth-order valence-corrected chi connectivity index (χ4v) is 4.49. The van der Waals surface area contributed by atoms with Crippen LogP contribution in [-0.2, 0) is 10.0 Å². The quantitative estimate of drug-likeness (QED) is 0.898. The van der Waals surface area contributed by atoms with Crippen molar-refractivity contribution in [3.63, 3.8) is 0 Å². The molecule has 0 radical (unpaired) electrons. The molecule has 1 heterocycles. The SMILES string of the molecule is Cc1ccc(C)c(S(=O)(=O)N2CCNC(C)C2C)c1. The van der Waals surface area contributed by atoms with E-state index in [0.717, 1.165) is 11.1 Å². The maximum atomic E-state index is 12.8. The van der Waals surface area contributed by atoms with E-state index in [-0.39, 0.29) is 12.1 Å². The van der Waals surface area contributed by atoms with E-state index in [0.29, 0.717) is 18.0 Å². The zero-order valence-corrected chi connectivity index (χ0v) is 12.8. The van der Waals surface area contributed by atoms with Crippen LogP contribution in [0.1, 0.15) is 25.0 Å². The highest BCUT2D eigenvalue weighted by Crippen LogP contribution is 2.24. The van der Waals surface area contributed by atoms with Gasteiger partial charge in [0.2, 0.25) is 10.0 Å². The third-order valence-electron chi connectivity index (χ3n) is 3.91. The molecule has 0 aliphatic carbocycles. The predicted molar refractivity (Wildman–Crippen MR) is 76.7 cm³/mol. The molecular formula is C14H22N2O2S. The second-order valence-electron chi connectivity index (χ2n) is 5.37. The summed E-state index contributed by atoms with van der Waals surface area (Å²) in [4.78, 5) is 0.438. The molecule has 1 aromatic rings. The van der Waals surface area contributed by atoms with Crippen LogP contribution in [0.15, 0.2) is 23.1 Å². The van der Waals surface area contributed by atoms with Crippen LogP contribution in [-0.4, -0.2) is 37.9 Å². The first-order valence-corrected chi connectivity index (χ1v) is 8.10. The molecule has 2 atom stereocenters. The Kier molecular flexibility index (Phi) is 3.99. The fourth-order valence-electron chi connectivity index (χ4n) is 2.48. The standard InChI is InChI=1S/C14H22N2O2S/c1-10-5-6-11(2)14(9-10)19(17,18)16-8-7-15-12(3)13(16)4/h5-6,9,12-13,15H,7-8H2,1-4H3. The molecule has 19 heavy (non-hydrogen) atoms. The van der Waals surface area contributed by atoms with Crippen LogP contribution in [0.3, 0.4) is 0 Å². The third-order valence-corrected chi connectivity index (χ3v) is 6.03. The lowest BCUT2D eigenvalue weighted by molar-refractivity contribution is 0.233. The van der Waals surface area contributed by atoms with E-state index >= 15 is 0 Å². The smallest absolute Gasteiger partial charge is 0.243 e. The molecule has 106 valence electrons. The number of nitrogens with one attached hydrogen (secondary N) is 1. The largest absolute Gasteiger partial charge is 0.311 e. The van der Waals surface area contributed by atoms with E-state index in [2.05, 4.69) is 5.32 Å². The molecule has 2 unspecified atom stereocenters. The predicted octanol–water partition coefficient (Wildman–Crippen LogP) is 1.67. The number of hydrogen-bond donors (Lipinski definition) is 1. The minimum absolute atomic E-state index is 0.0290. The van der Waals surface area contributed by atoms with Gasteiger partial charge in [-0.1, -0.05) is 12.1 Å². The van der Waals surface area contributed by atoms with Gasteiger partial charge >= 0.3 is 0 Å². The molecule has 5 heteroatoms. The van der Waals surface area contributed by atoms with Crippen LogP contribution in [0.25, 0.3) is 0 Å². The van der Waals surface area contributed by atoms with Crippen LogP contribution >= 0.6 is 0 Å². The van der Waals surface area contributed by atoms with Gasteiger partial charge in [-0.15, -0.1) is 0 Å². The van der Waals surface area contributed by atoms with Crippen molar-refractivity contribution in [1.82, 2.24) is 9.62 Å². The Morgan fingerprint density at radius 1 is 1.26 bits per heavy atom. The van der Waals surface area contributed by atoms with E-state index < -0.39 is 10.0 Å². The van der Waals surface area contributed by atoms with Crippen molar-refractivity contribution in [3.8, 4) is 0 Å². The van der Waals surface area contributed by atoms with Gasteiger partial charge in [-0.2, -0.15) is 4.31 Å². The summed E-state index contributed by atoms with van der Waals surface area (Å²) in [5.74, 6) is 0. The maximum Gasteiger partial charge on any atom is 0.243 e. The molecule has 1 aliphatic heterocycles. The topological polar surface area (TPSA) is 49.4 Å². The van der Waals surface area contributed by atoms with Crippen LogP contribution in [0.4, 0.5) is 0 Å². The monoisotopic (exact) mass is 282 g/mol.